The number of carbonyl (C=O) groups is 2. The van der Waals surface area contributed by atoms with Crippen LogP contribution in [0, 0.1) is 17.0 Å². The molecule has 1 saturated heterocycles. The molecule has 1 aliphatic rings. The number of nitrogens with zero attached hydrogens (tertiary/aromatic N) is 3. The van der Waals surface area contributed by atoms with E-state index in [0.29, 0.717) is 43.1 Å². The minimum absolute atomic E-state index is 0.0220. The molecular formula is C19H19N3O5. The third-order valence-electron chi connectivity index (χ3n) is 4.47. The molecule has 0 saturated carbocycles. The van der Waals surface area contributed by atoms with Crippen LogP contribution in [0.2, 0.25) is 0 Å². The lowest BCUT2D eigenvalue weighted by atomic mass is 10.2. The molecule has 0 radical (unpaired) electrons. The Morgan fingerprint density at radius 1 is 1.15 bits per heavy atom. The van der Waals surface area contributed by atoms with Crippen molar-refractivity contribution in [3.8, 4) is 0 Å². The minimum Gasteiger partial charge on any atom is -0.469 e. The van der Waals surface area contributed by atoms with Crippen molar-refractivity contribution < 1.29 is 18.9 Å². The Hall–Kier alpha value is -3.42. The number of nitro groups is 1. The Bertz CT molecular complexity index is 894. The van der Waals surface area contributed by atoms with Crippen LogP contribution in [-0.2, 0) is 4.79 Å². The van der Waals surface area contributed by atoms with Crippen molar-refractivity contribution in [2.24, 2.45) is 0 Å². The lowest BCUT2D eigenvalue weighted by Crippen LogP contribution is -2.50. The quantitative estimate of drug-likeness (QED) is 0.469. The highest BCUT2D eigenvalue weighted by Gasteiger charge is 2.25. The van der Waals surface area contributed by atoms with Crippen LogP contribution in [0.5, 0.6) is 0 Å². The number of piperazine rings is 1. The first-order valence-corrected chi connectivity index (χ1v) is 8.50. The zero-order valence-corrected chi connectivity index (χ0v) is 14.8. The Morgan fingerprint density at radius 3 is 2.48 bits per heavy atom. The second-order valence-electron chi connectivity index (χ2n) is 6.19. The van der Waals surface area contributed by atoms with Crippen LogP contribution in [0.3, 0.4) is 0 Å². The molecule has 2 amide bonds. The van der Waals surface area contributed by atoms with E-state index < -0.39 is 4.92 Å². The third-order valence-corrected chi connectivity index (χ3v) is 4.47. The van der Waals surface area contributed by atoms with Gasteiger partial charge in [0.25, 0.3) is 11.6 Å². The maximum Gasteiger partial charge on any atom is 0.270 e. The van der Waals surface area contributed by atoms with E-state index in [2.05, 4.69) is 0 Å². The van der Waals surface area contributed by atoms with Crippen LogP contribution in [0.25, 0.3) is 6.08 Å². The van der Waals surface area contributed by atoms with Gasteiger partial charge in [-0.3, -0.25) is 19.7 Å². The van der Waals surface area contributed by atoms with Crippen LogP contribution in [0.15, 0.2) is 47.1 Å². The van der Waals surface area contributed by atoms with Gasteiger partial charge >= 0.3 is 0 Å². The Kier molecular flexibility index (Phi) is 5.35. The van der Waals surface area contributed by atoms with Gasteiger partial charge in [-0.2, -0.15) is 0 Å². The van der Waals surface area contributed by atoms with Gasteiger partial charge in [-0.25, -0.2) is 0 Å². The maximum absolute atomic E-state index is 12.4. The Labute approximate surface area is 155 Å². The zero-order valence-electron chi connectivity index (χ0n) is 14.8. The number of amides is 2. The van der Waals surface area contributed by atoms with Crippen molar-refractivity contribution in [3.63, 3.8) is 0 Å². The molecule has 8 heteroatoms. The molecular weight excluding hydrogens is 350 g/mol. The molecule has 0 N–H and O–H groups in total. The van der Waals surface area contributed by atoms with E-state index in [4.69, 9.17) is 4.42 Å². The molecule has 140 valence electrons. The van der Waals surface area contributed by atoms with E-state index in [-0.39, 0.29) is 17.5 Å². The molecule has 8 nitrogen and oxygen atoms in total. The van der Waals surface area contributed by atoms with Gasteiger partial charge in [0.05, 0.1) is 16.7 Å². The van der Waals surface area contributed by atoms with E-state index in [0.717, 1.165) is 0 Å². The van der Waals surface area contributed by atoms with Gasteiger partial charge in [-0.05, 0) is 24.6 Å². The predicted octanol–water partition coefficient (Wildman–Crippen LogP) is 2.49. The van der Waals surface area contributed by atoms with E-state index in [1.54, 1.807) is 41.0 Å². The standard InChI is InChI=1S/C19H19N3O5/c1-14-17(7-12-27-14)19(24)21-10-8-20(9-11-21)18(23)6-5-15-3-2-4-16(13-15)22(25)26/h2-7,12-13H,8-11H2,1H3/b6-5-. The monoisotopic (exact) mass is 369 g/mol. The maximum atomic E-state index is 12.4. The number of hydrogen-bond acceptors (Lipinski definition) is 5. The van der Waals surface area contributed by atoms with Crippen LogP contribution < -0.4 is 0 Å². The fourth-order valence-electron chi connectivity index (χ4n) is 2.92. The number of nitro benzene ring substituents is 1. The lowest BCUT2D eigenvalue weighted by Gasteiger charge is -2.34. The normalized spacial score (nSPS) is 14.6. The summed E-state index contributed by atoms with van der Waals surface area (Å²) < 4.78 is 5.17. The highest BCUT2D eigenvalue weighted by atomic mass is 16.6. The van der Waals surface area contributed by atoms with E-state index in [9.17, 15) is 19.7 Å². The number of benzene rings is 1. The molecule has 2 aromatic rings. The first-order chi connectivity index (χ1) is 13.0. The van der Waals surface area contributed by atoms with Gasteiger partial charge in [0.15, 0.2) is 0 Å². The van der Waals surface area contributed by atoms with Crippen molar-refractivity contribution in [1.82, 2.24) is 9.80 Å². The molecule has 0 spiro atoms. The smallest absolute Gasteiger partial charge is 0.270 e. The van der Waals surface area contributed by atoms with Gasteiger partial charge < -0.3 is 14.2 Å². The van der Waals surface area contributed by atoms with Crippen LogP contribution in [-0.4, -0.2) is 52.7 Å². The molecule has 3 rings (SSSR count). The summed E-state index contributed by atoms with van der Waals surface area (Å²) >= 11 is 0. The van der Waals surface area contributed by atoms with Crippen molar-refractivity contribution in [1.29, 1.82) is 0 Å². The molecule has 2 heterocycles. The van der Waals surface area contributed by atoms with Crippen molar-refractivity contribution >= 4 is 23.6 Å². The van der Waals surface area contributed by atoms with Gasteiger partial charge in [-0.1, -0.05) is 12.1 Å². The summed E-state index contributed by atoms with van der Waals surface area (Å²) in [7, 11) is 0. The summed E-state index contributed by atoms with van der Waals surface area (Å²) in [5, 5.41) is 10.8. The number of rotatable bonds is 4. The van der Waals surface area contributed by atoms with E-state index >= 15 is 0 Å². The van der Waals surface area contributed by atoms with Crippen molar-refractivity contribution in [3.05, 3.63) is 69.7 Å². The molecule has 1 aromatic carbocycles. The Balaban J connectivity index is 1.57. The summed E-state index contributed by atoms with van der Waals surface area (Å²) in [4.78, 5) is 38.5. The molecule has 0 bridgehead atoms. The zero-order chi connectivity index (χ0) is 19.4. The molecule has 0 aliphatic carbocycles. The average Bonchev–Trinajstić information content (AvgIpc) is 3.11. The summed E-state index contributed by atoms with van der Waals surface area (Å²) in [6, 6.07) is 7.73. The van der Waals surface area contributed by atoms with Crippen molar-refractivity contribution in [2.75, 3.05) is 26.2 Å². The number of furan rings is 1. The first kappa shape index (κ1) is 18.4. The highest BCUT2D eigenvalue weighted by molar-refractivity contribution is 5.95. The number of hydrogen-bond donors (Lipinski definition) is 0. The molecule has 0 atom stereocenters. The van der Waals surface area contributed by atoms with E-state index in [1.165, 1.54) is 24.5 Å². The second-order valence-corrected chi connectivity index (χ2v) is 6.19. The molecule has 1 aromatic heterocycles. The minimum atomic E-state index is -0.475. The largest absolute Gasteiger partial charge is 0.469 e. The number of non-ortho nitro benzene ring substituents is 1. The highest BCUT2D eigenvalue weighted by Crippen LogP contribution is 2.16. The summed E-state index contributed by atoms with van der Waals surface area (Å²) in [5.74, 6) is 0.298. The van der Waals surface area contributed by atoms with E-state index in [1.807, 2.05) is 0 Å². The van der Waals surface area contributed by atoms with Gasteiger partial charge in [-0.15, -0.1) is 0 Å². The predicted molar refractivity (Wildman–Crippen MR) is 98.1 cm³/mol. The molecule has 27 heavy (non-hydrogen) atoms. The topological polar surface area (TPSA) is 96.9 Å². The summed E-state index contributed by atoms with van der Waals surface area (Å²) in [5.41, 5.74) is 1.11. The second kappa shape index (κ2) is 7.86. The summed E-state index contributed by atoms with van der Waals surface area (Å²) in [6.45, 7) is 3.49. The van der Waals surface area contributed by atoms with Gasteiger partial charge in [0.2, 0.25) is 5.91 Å². The molecule has 1 fully saturated rings. The molecule has 1 aliphatic heterocycles. The first-order valence-electron chi connectivity index (χ1n) is 8.50. The fourth-order valence-corrected chi connectivity index (χ4v) is 2.92. The Morgan fingerprint density at radius 2 is 1.85 bits per heavy atom. The van der Waals surface area contributed by atoms with Gasteiger partial charge in [0, 0.05) is 44.4 Å². The van der Waals surface area contributed by atoms with Crippen LogP contribution in [0.4, 0.5) is 5.69 Å². The van der Waals surface area contributed by atoms with Crippen LogP contribution in [0.1, 0.15) is 21.7 Å². The number of carbonyl (C=O) groups excluding carboxylic acids is 2. The fraction of sp³-hybridized carbons (Fsp3) is 0.263. The third kappa shape index (κ3) is 4.22. The number of aryl methyl sites for hydroxylation is 1. The van der Waals surface area contributed by atoms with Crippen molar-refractivity contribution in [2.45, 2.75) is 6.92 Å². The SMILES string of the molecule is Cc1occc1C(=O)N1CCN(C(=O)/C=C\c2cccc([N+](=O)[O-])c2)CC1. The summed E-state index contributed by atoms with van der Waals surface area (Å²) in [6.07, 6.45) is 4.44. The molecule has 0 unspecified atom stereocenters. The van der Waals surface area contributed by atoms with Crippen LogP contribution >= 0.6 is 0 Å². The lowest BCUT2D eigenvalue weighted by molar-refractivity contribution is -0.384. The average molecular weight is 369 g/mol. The van der Waals surface area contributed by atoms with Gasteiger partial charge in [0.1, 0.15) is 5.76 Å².